The van der Waals surface area contributed by atoms with Crippen LogP contribution in [0.25, 0.3) is 0 Å². The first-order valence-electron chi connectivity index (χ1n) is 5.87. The molecule has 0 heterocycles. The van der Waals surface area contributed by atoms with Gasteiger partial charge in [-0.2, -0.15) is 0 Å². The summed E-state index contributed by atoms with van der Waals surface area (Å²) in [5, 5.41) is 11.4. The van der Waals surface area contributed by atoms with Crippen molar-refractivity contribution in [3.05, 3.63) is 35.4 Å². The second-order valence-corrected chi connectivity index (χ2v) is 4.17. The minimum absolute atomic E-state index is 0.140. The van der Waals surface area contributed by atoms with Crippen LogP contribution in [-0.2, 0) is 4.79 Å². The maximum absolute atomic E-state index is 13.4. The summed E-state index contributed by atoms with van der Waals surface area (Å²) in [6.07, 6.45) is 0.281. The zero-order valence-electron chi connectivity index (χ0n) is 10.7. The van der Waals surface area contributed by atoms with Crippen molar-refractivity contribution in [2.24, 2.45) is 0 Å². The van der Waals surface area contributed by atoms with Gasteiger partial charge in [0.15, 0.2) is 0 Å². The van der Waals surface area contributed by atoms with Gasteiger partial charge in [0.2, 0.25) is 0 Å². The third kappa shape index (κ3) is 3.07. The summed E-state index contributed by atoms with van der Waals surface area (Å²) in [6, 6.07) is 2.45. The monoisotopic (exact) mass is 271 g/mol. The molecule has 0 unspecified atom stereocenters. The third-order valence-electron chi connectivity index (χ3n) is 3.14. The first kappa shape index (κ1) is 15.1. The summed E-state index contributed by atoms with van der Waals surface area (Å²) in [5.41, 5.74) is -1.98. The Morgan fingerprint density at radius 3 is 2.32 bits per heavy atom. The fraction of sp³-hybridized carbons (Fsp3) is 0.385. The lowest BCUT2D eigenvalue weighted by Gasteiger charge is -2.28. The first-order valence-corrected chi connectivity index (χ1v) is 5.87. The maximum Gasteiger partial charge on any atom is 0.329 e. The van der Waals surface area contributed by atoms with Crippen LogP contribution in [0.4, 0.5) is 8.78 Å². The number of carboxylic acid groups (broad SMARTS) is 1. The predicted molar refractivity (Wildman–Crippen MR) is 64.8 cm³/mol. The number of nitrogens with one attached hydrogen (secondary N) is 1. The van der Waals surface area contributed by atoms with E-state index in [-0.39, 0.29) is 12.8 Å². The smallest absolute Gasteiger partial charge is 0.329 e. The Morgan fingerprint density at radius 2 is 1.84 bits per heavy atom. The van der Waals surface area contributed by atoms with Crippen molar-refractivity contribution in [2.75, 3.05) is 0 Å². The molecule has 0 aromatic heterocycles. The van der Waals surface area contributed by atoms with E-state index in [2.05, 4.69) is 5.32 Å². The number of amides is 1. The van der Waals surface area contributed by atoms with E-state index in [4.69, 9.17) is 5.11 Å². The standard InChI is InChI=1S/C13H15F2NO3/c1-3-13(4-2,12(18)19)16-11(17)9-7-8(14)5-6-10(9)15/h5-7H,3-4H2,1-2H3,(H,16,17)(H,18,19). The van der Waals surface area contributed by atoms with E-state index in [1.165, 1.54) is 0 Å². The Balaban J connectivity index is 3.07. The molecule has 4 nitrogen and oxygen atoms in total. The van der Waals surface area contributed by atoms with Crippen LogP contribution in [0.1, 0.15) is 37.0 Å². The van der Waals surface area contributed by atoms with Gasteiger partial charge in [-0.1, -0.05) is 13.8 Å². The van der Waals surface area contributed by atoms with E-state index in [9.17, 15) is 18.4 Å². The van der Waals surface area contributed by atoms with Crippen molar-refractivity contribution >= 4 is 11.9 Å². The van der Waals surface area contributed by atoms with E-state index in [0.29, 0.717) is 0 Å². The van der Waals surface area contributed by atoms with Crippen LogP contribution in [0.5, 0.6) is 0 Å². The summed E-state index contributed by atoms with van der Waals surface area (Å²) in [4.78, 5) is 23.1. The predicted octanol–water partition coefficient (Wildman–Crippen LogP) is 2.34. The zero-order valence-corrected chi connectivity index (χ0v) is 10.7. The van der Waals surface area contributed by atoms with E-state index >= 15 is 0 Å². The Morgan fingerprint density at radius 1 is 1.26 bits per heavy atom. The first-order chi connectivity index (χ1) is 8.86. The molecule has 0 aliphatic carbocycles. The Labute approximate surface area is 109 Å². The minimum atomic E-state index is -1.48. The highest BCUT2D eigenvalue weighted by Crippen LogP contribution is 2.18. The number of halogens is 2. The number of hydrogen-bond donors (Lipinski definition) is 2. The van der Waals surface area contributed by atoms with Crippen molar-refractivity contribution in [1.29, 1.82) is 0 Å². The summed E-state index contributed by atoms with van der Waals surface area (Å²) in [6.45, 7) is 3.19. The molecule has 0 saturated heterocycles. The fourth-order valence-electron chi connectivity index (χ4n) is 1.74. The van der Waals surface area contributed by atoms with Crippen molar-refractivity contribution in [3.63, 3.8) is 0 Å². The van der Waals surface area contributed by atoms with Crippen LogP contribution in [-0.4, -0.2) is 22.5 Å². The van der Waals surface area contributed by atoms with Crippen LogP contribution >= 0.6 is 0 Å². The summed E-state index contributed by atoms with van der Waals surface area (Å²) >= 11 is 0. The zero-order chi connectivity index (χ0) is 14.6. The van der Waals surface area contributed by atoms with Crippen LogP contribution in [0.2, 0.25) is 0 Å². The third-order valence-corrected chi connectivity index (χ3v) is 3.14. The van der Waals surface area contributed by atoms with Crippen molar-refractivity contribution in [1.82, 2.24) is 5.32 Å². The van der Waals surface area contributed by atoms with E-state index in [0.717, 1.165) is 18.2 Å². The van der Waals surface area contributed by atoms with Gasteiger partial charge in [-0.05, 0) is 31.0 Å². The Hall–Kier alpha value is -1.98. The van der Waals surface area contributed by atoms with E-state index in [1.54, 1.807) is 13.8 Å². The van der Waals surface area contributed by atoms with Gasteiger partial charge in [-0.15, -0.1) is 0 Å². The molecule has 1 amide bonds. The molecule has 0 saturated carbocycles. The van der Waals surface area contributed by atoms with Crippen molar-refractivity contribution in [2.45, 2.75) is 32.2 Å². The van der Waals surface area contributed by atoms with E-state index in [1.807, 2.05) is 0 Å². The van der Waals surface area contributed by atoms with E-state index < -0.39 is 34.6 Å². The number of rotatable bonds is 5. The molecule has 0 spiro atoms. The SMILES string of the molecule is CCC(CC)(NC(=O)c1cc(F)ccc1F)C(=O)O. The van der Waals surface area contributed by atoms with Crippen LogP contribution in [0, 0.1) is 11.6 Å². The average molecular weight is 271 g/mol. The molecule has 2 N–H and O–H groups in total. The van der Waals surface area contributed by atoms with Gasteiger partial charge < -0.3 is 10.4 Å². The normalized spacial score (nSPS) is 11.2. The summed E-state index contributed by atoms with van der Waals surface area (Å²) in [7, 11) is 0. The largest absolute Gasteiger partial charge is 0.480 e. The van der Waals surface area contributed by atoms with Gasteiger partial charge in [-0.3, -0.25) is 4.79 Å². The number of hydrogen-bond acceptors (Lipinski definition) is 2. The summed E-state index contributed by atoms with van der Waals surface area (Å²) in [5.74, 6) is -3.81. The molecule has 1 aromatic rings. The lowest BCUT2D eigenvalue weighted by atomic mass is 9.92. The van der Waals surface area contributed by atoms with Crippen LogP contribution in [0.3, 0.4) is 0 Å². The molecule has 0 atom stereocenters. The highest BCUT2D eigenvalue weighted by molar-refractivity contribution is 5.98. The molecular weight excluding hydrogens is 256 g/mol. The number of aliphatic carboxylic acids is 1. The molecule has 0 aliphatic rings. The van der Waals surface area contributed by atoms with Crippen molar-refractivity contribution in [3.8, 4) is 0 Å². The number of benzene rings is 1. The van der Waals surface area contributed by atoms with Gasteiger partial charge in [-0.25, -0.2) is 13.6 Å². The Kier molecular flexibility index (Phi) is 4.58. The lowest BCUT2D eigenvalue weighted by Crippen LogP contribution is -2.53. The molecule has 1 rings (SSSR count). The van der Waals surface area contributed by atoms with Crippen LogP contribution < -0.4 is 5.32 Å². The fourth-order valence-corrected chi connectivity index (χ4v) is 1.74. The van der Waals surface area contributed by atoms with Gasteiger partial charge >= 0.3 is 5.97 Å². The van der Waals surface area contributed by atoms with Gasteiger partial charge in [0, 0.05) is 0 Å². The van der Waals surface area contributed by atoms with Gasteiger partial charge in [0.1, 0.15) is 17.2 Å². The lowest BCUT2D eigenvalue weighted by molar-refractivity contribution is -0.144. The topological polar surface area (TPSA) is 66.4 Å². The number of carbonyl (C=O) groups excluding carboxylic acids is 1. The second-order valence-electron chi connectivity index (χ2n) is 4.17. The highest BCUT2D eigenvalue weighted by atomic mass is 19.1. The molecule has 19 heavy (non-hydrogen) atoms. The average Bonchev–Trinajstić information content (AvgIpc) is 2.38. The maximum atomic E-state index is 13.4. The quantitative estimate of drug-likeness (QED) is 0.863. The minimum Gasteiger partial charge on any atom is -0.480 e. The van der Waals surface area contributed by atoms with Gasteiger partial charge in [0.25, 0.3) is 5.91 Å². The molecular formula is C13H15F2NO3. The summed E-state index contributed by atoms with van der Waals surface area (Å²) < 4.78 is 26.4. The molecule has 6 heteroatoms. The number of carbonyl (C=O) groups is 2. The molecule has 0 radical (unpaired) electrons. The molecule has 0 bridgehead atoms. The highest BCUT2D eigenvalue weighted by Gasteiger charge is 2.37. The number of carboxylic acids is 1. The van der Waals surface area contributed by atoms with Gasteiger partial charge in [0.05, 0.1) is 5.56 Å². The molecule has 0 fully saturated rings. The van der Waals surface area contributed by atoms with Crippen LogP contribution in [0.15, 0.2) is 18.2 Å². The van der Waals surface area contributed by atoms with Crippen molar-refractivity contribution < 1.29 is 23.5 Å². The Bertz CT molecular complexity index is 499. The molecule has 104 valence electrons. The molecule has 0 aliphatic heterocycles. The second kappa shape index (κ2) is 5.77. The molecule has 1 aromatic carbocycles.